The van der Waals surface area contributed by atoms with Crippen LogP contribution in [0.3, 0.4) is 0 Å². The van der Waals surface area contributed by atoms with E-state index in [-0.39, 0.29) is 11.8 Å². The summed E-state index contributed by atoms with van der Waals surface area (Å²) in [4.78, 5) is 0. The summed E-state index contributed by atoms with van der Waals surface area (Å²) < 4.78 is 11.2. The molecule has 0 fully saturated rings. The molecule has 24 heavy (non-hydrogen) atoms. The smallest absolute Gasteiger partial charge is 0.205 e. The van der Waals surface area contributed by atoms with Gasteiger partial charge in [-0.05, 0) is 30.2 Å². The van der Waals surface area contributed by atoms with Crippen molar-refractivity contribution < 1.29 is 9.47 Å². The van der Waals surface area contributed by atoms with Crippen LogP contribution in [-0.2, 0) is 0 Å². The Balaban J connectivity index is 2.03. The molecule has 4 N–H and O–H groups in total. The Morgan fingerprint density at radius 1 is 1.17 bits per heavy atom. The van der Waals surface area contributed by atoms with Crippen LogP contribution >= 0.6 is 0 Å². The Hall–Kier alpha value is -3.13. The zero-order valence-corrected chi connectivity index (χ0v) is 13.5. The highest BCUT2D eigenvalue weighted by Crippen LogP contribution is 2.42. The zero-order valence-electron chi connectivity index (χ0n) is 13.5. The molecule has 1 aliphatic rings. The summed E-state index contributed by atoms with van der Waals surface area (Å²) in [6.07, 6.45) is 0.953. The standard InChI is InChI=1S/C19H19N3O2/c1-2-9-23-14-6-3-12(4-7-14)18-15-8-5-13(21)10-17(15)24-19(22)16(18)11-20/h3-8,10,18H,2,9,21-22H2,1H3. The number of hydrogen-bond donors (Lipinski definition) is 2. The normalized spacial score (nSPS) is 16.1. The molecular weight excluding hydrogens is 302 g/mol. The van der Waals surface area contributed by atoms with E-state index in [1.165, 1.54) is 0 Å². The van der Waals surface area contributed by atoms with Crippen LogP contribution in [0.4, 0.5) is 5.69 Å². The first kappa shape index (κ1) is 15.8. The summed E-state index contributed by atoms with van der Waals surface area (Å²) in [5, 5.41) is 9.53. The molecule has 5 nitrogen and oxygen atoms in total. The molecule has 1 atom stereocenters. The first-order chi connectivity index (χ1) is 11.6. The molecule has 0 amide bonds. The predicted octanol–water partition coefficient (Wildman–Crippen LogP) is 3.28. The molecule has 1 aliphatic heterocycles. The predicted molar refractivity (Wildman–Crippen MR) is 92.4 cm³/mol. The molecule has 1 unspecified atom stereocenters. The number of allylic oxidation sites excluding steroid dienone is 1. The van der Waals surface area contributed by atoms with Crippen LogP contribution in [0.1, 0.15) is 30.4 Å². The number of nitrogen functional groups attached to an aromatic ring is 1. The van der Waals surface area contributed by atoms with Crippen molar-refractivity contribution in [1.82, 2.24) is 0 Å². The highest BCUT2D eigenvalue weighted by molar-refractivity contribution is 5.59. The fourth-order valence-corrected chi connectivity index (χ4v) is 2.79. The Morgan fingerprint density at radius 2 is 1.92 bits per heavy atom. The van der Waals surface area contributed by atoms with E-state index in [4.69, 9.17) is 20.9 Å². The van der Waals surface area contributed by atoms with Crippen molar-refractivity contribution in [2.75, 3.05) is 12.3 Å². The van der Waals surface area contributed by atoms with E-state index in [2.05, 4.69) is 13.0 Å². The van der Waals surface area contributed by atoms with Gasteiger partial charge in [0.25, 0.3) is 0 Å². The van der Waals surface area contributed by atoms with Gasteiger partial charge >= 0.3 is 0 Å². The van der Waals surface area contributed by atoms with Crippen molar-refractivity contribution in [3.63, 3.8) is 0 Å². The molecule has 0 aromatic heterocycles. The third-order valence-corrected chi connectivity index (χ3v) is 3.93. The molecular formula is C19H19N3O2. The van der Waals surface area contributed by atoms with E-state index in [0.717, 1.165) is 23.3 Å². The lowest BCUT2D eigenvalue weighted by atomic mass is 9.83. The molecule has 0 bridgehead atoms. The second-order valence-corrected chi connectivity index (χ2v) is 5.64. The van der Waals surface area contributed by atoms with Crippen LogP contribution in [0.2, 0.25) is 0 Å². The SMILES string of the molecule is CCCOc1ccc(C2C(C#N)=C(N)Oc3cc(N)ccc32)cc1. The van der Waals surface area contributed by atoms with E-state index >= 15 is 0 Å². The molecule has 0 aliphatic carbocycles. The molecule has 122 valence electrons. The highest BCUT2D eigenvalue weighted by Gasteiger charge is 2.30. The van der Waals surface area contributed by atoms with E-state index in [0.29, 0.717) is 23.6 Å². The Bertz CT molecular complexity index is 819. The van der Waals surface area contributed by atoms with E-state index in [9.17, 15) is 5.26 Å². The van der Waals surface area contributed by atoms with Crippen LogP contribution < -0.4 is 20.9 Å². The first-order valence-corrected chi connectivity index (χ1v) is 7.83. The van der Waals surface area contributed by atoms with Gasteiger partial charge in [0.2, 0.25) is 5.88 Å². The molecule has 5 heteroatoms. The Labute approximate surface area is 141 Å². The second kappa shape index (κ2) is 6.55. The molecule has 0 radical (unpaired) electrons. The monoisotopic (exact) mass is 321 g/mol. The van der Waals surface area contributed by atoms with E-state index < -0.39 is 0 Å². The Morgan fingerprint density at radius 3 is 2.58 bits per heavy atom. The average molecular weight is 321 g/mol. The third kappa shape index (κ3) is 2.86. The topological polar surface area (TPSA) is 94.3 Å². The lowest BCUT2D eigenvalue weighted by Gasteiger charge is -2.26. The minimum absolute atomic E-state index is 0.118. The summed E-state index contributed by atoms with van der Waals surface area (Å²) in [5.74, 6) is 1.23. The number of ether oxygens (including phenoxy) is 2. The largest absolute Gasteiger partial charge is 0.494 e. The van der Waals surface area contributed by atoms with Crippen molar-refractivity contribution in [2.45, 2.75) is 19.3 Å². The Kier molecular flexibility index (Phi) is 4.30. The van der Waals surface area contributed by atoms with Crippen molar-refractivity contribution in [3.05, 3.63) is 65.0 Å². The molecule has 2 aromatic carbocycles. The van der Waals surface area contributed by atoms with E-state index in [1.54, 1.807) is 12.1 Å². The first-order valence-electron chi connectivity index (χ1n) is 7.83. The number of nitriles is 1. The summed E-state index contributed by atoms with van der Waals surface area (Å²) in [5.41, 5.74) is 14.6. The molecule has 3 rings (SSSR count). The van der Waals surface area contributed by atoms with Crippen molar-refractivity contribution in [1.29, 1.82) is 5.26 Å². The molecule has 1 heterocycles. The molecule has 0 saturated heterocycles. The maximum absolute atomic E-state index is 9.53. The lowest BCUT2D eigenvalue weighted by molar-refractivity contribution is 0.317. The third-order valence-electron chi connectivity index (χ3n) is 3.93. The van der Waals surface area contributed by atoms with Gasteiger partial charge in [0.1, 0.15) is 23.1 Å². The number of rotatable bonds is 4. The van der Waals surface area contributed by atoms with Gasteiger partial charge in [0.05, 0.1) is 12.5 Å². The van der Waals surface area contributed by atoms with Gasteiger partial charge in [-0.15, -0.1) is 0 Å². The van der Waals surface area contributed by atoms with Crippen LogP contribution in [-0.4, -0.2) is 6.61 Å². The second-order valence-electron chi connectivity index (χ2n) is 5.64. The fraction of sp³-hybridized carbons (Fsp3) is 0.211. The number of fused-ring (bicyclic) bond motifs is 1. The summed E-state index contributed by atoms with van der Waals surface area (Å²) in [6.45, 7) is 2.74. The maximum atomic E-state index is 9.53. The van der Waals surface area contributed by atoms with Crippen LogP contribution in [0.25, 0.3) is 0 Å². The van der Waals surface area contributed by atoms with Crippen molar-refractivity contribution in [2.24, 2.45) is 5.73 Å². The van der Waals surface area contributed by atoms with E-state index in [1.807, 2.05) is 30.3 Å². The lowest BCUT2D eigenvalue weighted by Crippen LogP contribution is -2.21. The van der Waals surface area contributed by atoms with Crippen molar-refractivity contribution in [3.8, 4) is 17.6 Å². The van der Waals surface area contributed by atoms with Gasteiger partial charge in [-0.2, -0.15) is 5.26 Å². The van der Waals surface area contributed by atoms with Crippen LogP contribution in [0.5, 0.6) is 11.5 Å². The molecule has 0 spiro atoms. The summed E-state index contributed by atoms with van der Waals surface area (Å²) in [6, 6.07) is 15.3. The fourth-order valence-electron chi connectivity index (χ4n) is 2.79. The number of nitrogens with zero attached hydrogens (tertiary/aromatic N) is 1. The molecule has 0 saturated carbocycles. The summed E-state index contributed by atoms with van der Waals surface area (Å²) in [7, 11) is 0. The van der Waals surface area contributed by atoms with Crippen LogP contribution in [0.15, 0.2) is 53.9 Å². The van der Waals surface area contributed by atoms with Gasteiger partial charge in [0, 0.05) is 17.3 Å². The number of benzene rings is 2. The minimum atomic E-state index is -0.278. The highest BCUT2D eigenvalue weighted by atomic mass is 16.5. The van der Waals surface area contributed by atoms with Crippen LogP contribution in [0, 0.1) is 11.3 Å². The summed E-state index contributed by atoms with van der Waals surface area (Å²) >= 11 is 0. The van der Waals surface area contributed by atoms with Gasteiger partial charge in [0.15, 0.2) is 0 Å². The average Bonchev–Trinajstić information content (AvgIpc) is 2.59. The van der Waals surface area contributed by atoms with Gasteiger partial charge in [-0.25, -0.2) is 0 Å². The van der Waals surface area contributed by atoms with Gasteiger partial charge in [-0.1, -0.05) is 25.1 Å². The van der Waals surface area contributed by atoms with Gasteiger partial charge in [-0.3, -0.25) is 0 Å². The number of nitrogens with two attached hydrogens (primary N) is 2. The minimum Gasteiger partial charge on any atom is -0.494 e. The number of anilines is 1. The van der Waals surface area contributed by atoms with Crippen molar-refractivity contribution >= 4 is 5.69 Å². The van der Waals surface area contributed by atoms with Gasteiger partial charge < -0.3 is 20.9 Å². The number of hydrogen-bond acceptors (Lipinski definition) is 5. The quantitative estimate of drug-likeness (QED) is 0.843. The maximum Gasteiger partial charge on any atom is 0.205 e. The zero-order chi connectivity index (χ0) is 17.1. The molecule has 2 aromatic rings.